The molecule has 0 aliphatic carbocycles. The largest absolute Gasteiger partial charge is 0.341 e. The monoisotopic (exact) mass is 466 g/mol. The van der Waals surface area contributed by atoms with Gasteiger partial charge in [-0.25, -0.2) is 8.42 Å². The number of carbonyl (C=O) groups is 1. The van der Waals surface area contributed by atoms with E-state index in [0.717, 1.165) is 11.1 Å². The van der Waals surface area contributed by atoms with Gasteiger partial charge in [0.2, 0.25) is 15.9 Å². The van der Waals surface area contributed by atoms with Crippen LogP contribution in [0.25, 0.3) is 6.08 Å². The van der Waals surface area contributed by atoms with Crippen LogP contribution in [0.2, 0.25) is 10.0 Å². The second-order valence-corrected chi connectivity index (χ2v) is 10.0. The van der Waals surface area contributed by atoms with Crippen LogP contribution in [-0.4, -0.2) is 43.7 Å². The summed E-state index contributed by atoms with van der Waals surface area (Å²) in [5.41, 5.74) is 1.72. The predicted octanol–water partition coefficient (Wildman–Crippen LogP) is 4.66. The van der Waals surface area contributed by atoms with Crippen molar-refractivity contribution in [2.45, 2.75) is 19.4 Å². The van der Waals surface area contributed by atoms with Crippen molar-refractivity contribution in [3.63, 3.8) is 0 Å². The number of rotatable bonds is 6. The highest BCUT2D eigenvalue weighted by atomic mass is 35.5. The summed E-state index contributed by atoms with van der Waals surface area (Å²) in [6, 6.07) is 14.6. The van der Waals surface area contributed by atoms with Crippen molar-refractivity contribution >= 4 is 45.2 Å². The zero-order valence-electron chi connectivity index (χ0n) is 16.7. The van der Waals surface area contributed by atoms with Gasteiger partial charge in [0.05, 0.1) is 10.0 Å². The Morgan fingerprint density at radius 1 is 1.10 bits per heavy atom. The number of halogens is 2. The van der Waals surface area contributed by atoms with Crippen LogP contribution in [-0.2, 0) is 21.4 Å². The number of benzene rings is 2. The minimum atomic E-state index is -3.51. The summed E-state index contributed by atoms with van der Waals surface area (Å²) < 4.78 is 26.6. The Morgan fingerprint density at radius 3 is 2.40 bits per heavy atom. The van der Waals surface area contributed by atoms with Crippen LogP contribution in [0.3, 0.4) is 0 Å². The van der Waals surface area contributed by atoms with Crippen molar-refractivity contribution < 1.29 is 13.2 Å². The molecule has 160 valence electrons. The summed E-state index contributed by atoms with van der Waals surface area (Å²) in [4.78, 5) is 14.5. The summed E-state index contributed by atoms with van der Waals surface area (Å²) in [6.07, 6.45) is 2.60. The molecule has 30 heavy (non-hydrogen) atoms. The molecule has 5 nitrogen and oxygen atoms in total. The van der Waals surface area contributed by atoms with Crippen molar-refractivity contribution in [3.8, 4) is 0 Å². The number of piperidine rings is 1. The van der Waals surface area contributed by atoms with Gasteiger partial charge in [0, 0.05) is 38.0 Å². The van der Waals surface area contributed by atoms with E-state index in [1.54, 1.807) is 30.2 Å². The van der Waals surface area contributed by atoms with Gasteiger partial charge in [0.25, 0.3) is 0 Å². The molecule has 2 aromatic carbocycles. The van der Waals surface area contributed by atoms with E-state index in [4.69, 9.17) is 23.2 Å². The number of sulfonamides is 1. The van der Waals surface area contributed by atoms with Crippen molar-refractivity contribution in [2.75, 3.05) is 20.1 Å². The Morgan fingerprint density at radius 2 is 1.77 bits per heavy atom. The van der Waals surface area contributed by atoms with Crippen LogP contribution in [0.4, 0.5) is 0 Å². The first kappa shape index (κ1) is 22.8. The maximum absolute atomic E-state index is 12.8. The summed E-state index contributed by atoms with van der Waals surface area (Å²) in [7, 11) is -1.76. The fourth-order valence-corrected chi connectivity index (χ4v) is 5.02. The van der Waals surface area contributed by atoms with E-state index < -0.39 is 10.0 Å². The van der Waals surface area contributed by atoms with Crippen molar-refractivity contribution in [3.05, 3.63) is 75.1 Å². The summed E-state index contributed by atoms with van der Waals surface area (Å²) >= 11 is 12.0. The molecule has 1 heterocycles. The van der Waals surface area contributed by atoms with Gasteiger partial charge in [-0.2, -0.15) is 4.31 Å². The third-order valence-corrected chi connectivity index (χ3v) is 7.48. The van der Waals surface area contributed by atoms with Crippen LogP contribution in [0, 0.1) is 5.92 Å². The third kappa shape index (κ3) is 5.85. The first-order valence-corrected chi connectivity index (χ1v) is 11.9. The highest BCUT2D eigenvalue weighted by molar-refractivity contribution is 7.92. The standard InChI is InChI=1S/C22H24Cl2N2O3S/c1-25(16-18-7-8-20(23)21(24)15-18)22(27)19-9-12-26(13-10-19)30(28,29)14-11-17-5-3-2-4-6-17/h2-8,11,14-15,19H,9-10,12-13,16H2,1H3. The van der Waals surface area contributed by atoms with Crippen LogP contribution in [0.5, 0.6) is 0 Å². The second-order valence-electron chi connectivity index (χ2n) is 7.37. The van der Waals surface area contributed by atoms with Gasteiger partial charge >= 0.3 is 0 Å². The van der Waals surface area contributed by atoms with E-state index in [0.29, 0.717) is 42.5 Å². The molecule has 2 aromatic rings. The maximum Gasteiger partial charge on any atom is 0.236 e. The molecule has 0 N–H and O–H groups in total. The zero-order chi connectivity index (χ0) is 21.7. The third-order valence-electron chi connectivity index (χ3n) is 5.18. The Balaban J connectivity index is 1.55. The SMILES string of the molecule is CN(Cc1ccc(Cl)c(Cl)c1)C(=O)C1CCN(S(=O)(=O)C=Cc2ccccc2)CC1. The Labute approximate surface area is 187 Å². The second kappa shape index (κ2) is 9.96. The summed E-state index contributed by atoms with van der Waals surface area (Å²) in [5.74, 6) is -0.180. The topological polar surface area (TPSA) is 57.7 Å². The molecule has 1 fully saturated rings. The molecule has 1 aliphatic rings. The summed E-state index contributed by atoms with van der Waals surface area (Å²) in [5, 5.41) is 2.17. The minimum absolute atomic E-state index is 0.0120. The Kier molecular flexibility index (Phi) is 7.58. The van der Waals surface area contributed by atoms with E-state index in [1.165, 1.54) is 9.71 Å². The van der Waals surface area contributed by atoms with Gasteiger partial charge < -0.3 is 4.90 Å². The fraction of sp³-hybridized carbons (Fsp3) is 0.318. The number of hydrogen-bond acceptors (Lipinski definition) is 3. The van der Waals surface area contributed by atoms with Gasteiger partial charge in [-0.05, 0) is 42.2 Å². The molecule has 1 aliphatic heterocycles. The average Bonchev–Trinajstić information content (AvgIpc) is 2.75. The highest BCUT2D eigenvalue weighted by Gasteiger charge is 2.31. The minimum Gasteiger partial charge on any atom is -0.341 e. The molecule has 0 radical (unpaired) electrons. The molecule has 0 aromatic heterocycles. The lowest BCUT2D eigenvalue weighted by atomic mass is 9.96. The molecule has 1 saturated heterocycles. The van der Waals surface area contributed by atoms with E-state index in [9.17, 15) is 13.2 Å². The molecule has 0 atom stereocenters. The van der Waals surface area contributed by atoms with E-state index in [-0.39, 0.29) is 11.8 Å². The average molecular weight is 467 g/mol. The number of amides is 1. The molecule has 0 bridgehead atoms. The van der Waals surface area contributed by atoms with Gasteiger partial charge in [0.1, 0.15) is 0 Å². The molecular formula is C22H24Cl2N2O3S. The van der Waals surface area contributed by atoms with Gasteiger partial charge in [-0.1, -0.05) is 59.6 Å². The number of carbonyl (C=O) groups excluding carboxylic acids is 1. The molecular weight excluding hydrogens is 443 g/mol. The molecule has 3 rings (SSSR count). The number of nitrogens with zero attached hydrogens (tertiary/aromatic N) is 2. The lowest BCUT2D eigenvalue weighted by Crippen LogP contribution is -2.42. The zero-order valence-corrected chi connectivity index (χ0v) is 19.0. The van der Waals surface area contributed by atoms with E-state index in [1.807, 2.05) is 36.4 Å². The van der Waals surface area contributed by atoms with Crippen LogP contribution in [0.15, 0.2) is 53.9 Å². The Hall–Kier alpha value is -1.86. The lowest BCUT2D eigenvalue weighted by Gasteiger charge is -2.32. The molecule has 0 saturated carbocycles. The van der Waals surface area contributed by atoms with Gasteiger partial charge in [-0.15, -0.1) is 0 Å². The highest BCUT2D eigenvalue weighted by Crippen LogP contribution is 2.25. The van der Waals surface area contributed by atoms with Crippen LogP contribution < -0.4 is 0 Å². The lowest BCUT2D eigenvalue weighted by molar-refractivity contribution is -0.135. The maximum atomic E-state index is 12.8. The molecule has 0 spiro atoms. The van der Waals surface area contributed by atoms with Crippen molar-refractivity contribution in [2.24, 2.45) is 5.92 Å². The molecule has 8 heteroatoms. The van der Waals surface area contributed by atoms with Crippen LogP contribution >= 0.6 is 23.2 Å². The predicted molar refractivity (Wildman–Crippen MR) is 122 cm³/mol. The van der Waals surface area contributed by atoms with E-state index in [2.05, 4.69) is 0 Å². The van der Waals surface area contributed by atoms with Crippen LogP contribution in [0.1, 0.15) is 24.0 Å². The first-order chi connectivity index (χ1) is 14.3. The molecule has 0 unspecified atom stereocenters. The van der Waals surface area contributed by atoms with Crippen molar-refractivity contribution in [1.82, 2.24) is 9.21 Å². The number of hydrogen-bond donors (Lipinski definition) is 0. The molecule has 1 amide bonds. The van der Waals surface area contributed by atoms with Gasteiger partial charge in [0.15, 0.2) is 0 Å². The first-order valence-electron chi connectivity index (χ1n) is 9.68. The quantitative estimate of drug-likeness (QED) is 0.621. The van der Waals surface area contributed by atoms with E-state index >= 15 is 0 Å². The smallest absolute Gasteiger partial charge is 0.236 e. The van der Waals surface area contributed by atoms with Gasteiger partial charge in [-0.3, -0.25) is 4.79 Å². The summed E-state index contributed by atoms with van der Waals surface area (Å²) in [6.45, 7) is 1.09. The fourth-order valence-electron chi connectivity index (χ4n) is 3.47. The normalized spacial score (nSPS) is 16.1. The Bertz CT molecular complexity index is 1020. The van der Waals surface area contributed by atoms with Crippen molar-refractivity contribution in [1.29, 1.82) is 0 Å².